The van der Waals surface area contributed by atoms with Gasteiger partial charge in [0.2, 0.25) is 0 Å². The predicted octanol–water partition coefficient (Wildman–Crippen LogP) is 12.9. The van der Waals surface area contributed by atoms with E-state index in [0.29, 0.717) is 0 Å². The Hall–Kier alpha value is -7.98. The molecule has 0 spiro atoms. The molecule has 5 heteroatoms. The van der Waals surface area contributed by atoms with E-state index in [4.69, 9.17) is 19.9 Å². The Morgan fingerprint density at radius 2 is 0.411 bits per heavy atom. The fraction of sp³-hybridized carbons (Fsp3) is 0.118. The topological polar surface area (TPSA) is 56.4 Å². The maximum Gasteiger partial charge on any atom is 0.0848 e. The van der Waals surface area contributed by atoms with Gasteiger partial charge in [-0.05, 0) is 190 Å². The van der Waals surface area contributed by atoms with E-state index in [1.807, 2.05) is 0 Å². The molecule has 17 rings (SSSR count). The van der Waals surface area contributed by atoms with Gasteiger partial charge in [0, 0.05) is 137 Å². The minimum atomic E-state index is 0. The zero-order valence-electron chi connectivity index (χ0n) is 40.3. The Bertz CT molecular complexity index is 3620. The summed E-state index contributed by atoms with van der Waals surface area (Å²) in [6.45, 7) is 0. The van der Waals surface area contributed by atoms with Gasteiger partial charge in [-0.2, -0.15) is 0 Å². The van der Waals surface area contributed by atoms with Crippen LogP contribution in [-0.4, -0.2) is 0 Å². The van der Waals surface area contributed by atoms with Crippen LogP contribution in [0.1, 0.15) is 112 Å². The summed E-state index contributed by atoms with van der Waals surface area (Å²) in [4.78, 5) is 23.1. The van der Waals surface area contributed by atoms with E-state index in [1.54, 1.807) is 0 Å². The van der Waals surface area contributed by atoms with Gasteiger partial charge in [-0.1, -0.05) is 48.5 Å². The molecule has 8 bridgehead atoms. The molecule has 0 fully saturated rings. The summed E-state index contributed by atoms with van der Waals surface area (Å²) in [6.07, 6.45) is 8.50. The molecule has 0 saturated heterocycles. The Morgan fingerprint density at radius 3 is 0.616 bits per heavy atom. The van der Waals surface area contributed by atoms with Crippen LogP contribution in [0.3, 0.4) is 0 Å². The zero-order chi connectivity index (χ0) is 46.8. The van der Waals surface area contributed by atoms with E-state index >= 15 is 0 Å². The third-order valence-corrected chi connectivity index (χ3v) is 17.2. The minimum absolute atomic E-state index is 0. The maximum atomic E-state index is 5.78. The molecule has 12 aromatic rings. The fourth-order valence-corrected chi connectivity index (χ4v) is 14.1. The van der Waals surface area contributed by atoms with Crippen molar-refractivity contribution in [3.8, 4) is 0 Å². The molecule has 73 heavy (non-hydrogen) atoms. The SMILES string of the molecule is [Zn].c1cc2c3c(ccc([C+]4c5ccc([n-]5)[C+](c5ccc6c7c(cccc57)CC6)c5ccc([n-]5)[C+](c5ccc6c7c(cccc57)CC6)c5ccc([n-]5)[C+](c5ccc6c7c(cccc57)CC6)c5ccc4[n-]5)c3c1)CC2. The van der Waals surface area contributed by atoms with Gasteiger partial charge in [0.1, 0.15) is 0 Å². The largest absolute Gasteiger partial charge is 0.628 e. The van der Waals surface area contributed by atoms with Gasteiger partial charge in [-0.3, -0.25) is 0 Å². The molecule has 4 aliphatic carbocycles. The Balaban J connectivity index is 0.00000456. The summed E-state index contributed by atoms with van der Waals surface area (Å²) in [5.41, 5.74) is 23.1. The van der Waals surface area contributed by atoms with Gasteiger partial charge in [0.25, 0.3) is 0 Å². The maximum absolute atomic E-state index is 5.78. The molecular weight excluding hydrogens is 938 g/mol. The first-order chi connectivity index (χ1) is 35.7. The van der Waals surface area contributed by atoms with Gasteiger partial charge < -0.3 is 19.9 Å². The normalized spacial score (nSPS) is 15.0. The van der Waals surface area contributed by atoms with Crippen molar-refractivity contribution in [3.63, 3.8) is 0 Å². The monoisotopic (exact) mass is 980 g/mol. The van der Waals surface area contributed by atoms with E-state index in [-0.39, 0.29) is 19.5 Å². The van der Waals surface area contributed by atoms with Gasteiger partial charge >= 0.3 is 0 Å². The number of benzene rings is 8. The van der Waals surface area contributed by atoms with E-state index in [9.17, 15) is 0 Å². The van der Waals surface area contributed by atoms with Gasteiger partial charge in [-0.25, -0.2) is 0 Å². The number of rotatable bonds is 4. The van der Waals surface area contributed by atoms with Crippen molar-refractivity contribution in [2.75, 3.05) is 0 Å². The average Bonchev–Trinajstić information content (AvgIpc) is 4.28. The quantitative estimate of drug-likeness (QED) is 0.130. The molecule has 0 unspecified atom stereocenters. The summed E-state index contributed by atoms with van der Waals surface area (Å²) < 4.78 is 0. The number of fused-ring (bicyclic) bond motifs is 8. The molecule has 0 N–H and O–H groups in total. The second kappa shape index (κ2) is 15.5. The van der Waals surface area contributed by atoms with Crippen LogP contribution in [0.25, 0.3) is 43.1 Å². The Labute approximate surface area is 437 Å². The van der Waals surface area contributed by atoms with Crippen molar-refractivity contribution in [2.24, 2.45) is 0 Å². The summed E-state index contributed by atoms with van der Waals surface area (Å²) in [5.74, 6) is 4.13. The van der Waals surface area contributed by atoms with Crippen molar-refractivity contribution >= 4 is 43.1 Å². The fourth-order valence-electron chi connectivity index (χ4n) is 14.1. The van der Waals surface area contributed by atoms with Crippen LogP contribution in [-0.2, 0) is 70.8 Å². The Morgan fingerprint density at radius 1 is 0.219 bits per heavy atom. The van der Waals surface area contributed by atoms with Gasteiger partial charge in [-0.15, -0.1) is 0 Å². The second-order valence-electron chi connectivity index (χ2n) is 20.8. The molecule has 0 atom stereocenters. The first kappa shape index (κ1) is 41.6. The molecule has 5 aliphatic rings. The molecule has 5 heterocycles. The summed E-state index contributed by atoms with van der Waals surface area (Å²) >= 11 is 0. The second-order valence-corrected chi connectivity index (χ2v) is 20.8. The number of aromatic nitrogens is 4. The minimum Gasteiger partial charge on any atom is -0.628 e. The van der Waals surface area contributed by atoms with Crippen LogP contribution < -0.4 is 19.9 Å². The summed E-state index contributed by atoms with van der Waals surface area (Å²) in [7, 11) is 0. The van der Waals surface area contributed by atoms with E-state index in [2.05, 4.69) is 170 Å². The zero-order valence-corrected chi connectivity index (χ0v) is 43.3. The number of hydrogen-bond acceptors (Lipinski definition) is 0. The number of hydrogen-bond donors (Lipinski definition) is 0. The molecule has 4 nitrogen and oxygen atoms in total. The summed E-state index contributed by atoms with van der Waals surface area (Å²) in [5, 5.41) is 10.5. The molecular formula is C68H44N4Zn. The molecule has 4 aromatic heterocycles. The Kier molecular flexibility index (Phi) is 8.85. The van der Waals surface area contributed by atoms with Crippen LogP contribution in [0, 0.1) is 23.7 Å². The first-order valence-corrected chi connectivity index (χ1v) is 25.9. The standard InChI is InChI=1S/C68H44N4.Zn/c1-5-37-13-17-41-21-25-49(45(9-1)61(37)41)65-53-29-31-55(69-53)66(50-26-22-42-18-14-38-6-2-10-46(50)62(38)42)57-33-35-59(71-57)68(52-28-24-44-20-16-40-8-4-12-48(52)64(40)44)60-36-34-58(72-60)67(56-32-30-54(65)70-56)51-27-23-43-19-15-39-7-3-11-47(51)63(39)43;/h1-12,21-36H,13-20H2;. The average molecular weight is 983 g/mol. The van der Waals surface area contributed by atoms with Crippen LogP contribution in [0.2, 0.25) is 0 Å². The van der Waals surface area contributed by atoms with Crippen molar-refractivity contribution in [2.45, 2.75) is 51.4 Å². The van der Waals surface area contributed by atoms with Crippen molar-refractivity contribution in [3.05, 3.63) is 306 Å². The smallest absolute Gasteiger partial charge is 0.0848 e. The third-order valence-electron chi connectivity index (χ3n) is 17.2. The first-order valence-electron chi connectivity index (χ1n) is 25.9. The molecule has 338 valence electrons. The van der Waals surface area contributed by atoms with E-state index in [0.717, 1.165) is 143 Å². The van der Waals surface area contributed by atoms with E-state index in [1.165, 1.54) is 87.6 Å². The van der Waals surface area contributed by atoms with Crippen LogP contribution in [0.4, 0.5) is 0 Å². The van der Waals surface area contributed by atoms with E-state index < -0.39 is 0 Å². The number of aryl methyl sites for hydroxylation is 8. The van der Waals surface area contributed by atoms with Crippen molar-refractivity contribution in [1.29, 1.82) is 0 Å². The van der Waals surface area contributed by atoms with Crippen LogP contribution in [0.5, 0.6) is 0 Å². The molecule has 0 radical (unpaired) electrons. The third kappa shape index (κ3) is 5.92. The number of nitrogens with zero attached hydrogens (tertiary/aromatic N) is 4. The predicted molar refractivity (Wildman–Crippen MR) is 287 cm³/mol. The molecule has 1 aliphatic heterocycles. The molecule has 0 saturated carbocycles. The van der Waals surface area contributed by atoms with Crippen LogP contribution >= 0.6 is 0 Å². The van der Waals surface area contributed by atoms with Gasteiger partial charge in [0.15, 0.2) is 0 Å². The molecule has 0 amide bonds. The molecule has 8 aromatic carbocycles. The van der Waals surface area contributed by atoms with Crippen LogP contribution in [0.15, 0.2) is 170 Å². The van der Waals surface area contributed by atoms with Crippen molar-refractivity contribution in [1.82, 2.24) is 19.9 Å². The van der Waals surface area contributed by atoms with Gasteiger partial charge in [0.05, 0.1) is 43.8 Å². The summed E-state index contributed by atoms with van der Waals surface area (Å²) in [6, 6.07) is 63.9. The van der Waals surface area contributed by atoms with Crippen molar-refractivity contribution < 1.29 is 19.5 Å².